The Morgan fingerprint density at radius 3 is 2.81 bits per heavy atom. The van der Waals surface area contributed by atoms with Crippen LogP contribution in [-0.2, 0) is 0 Å². The third-order valence-electron chi connectivity index (χ3n) is 2.68. The molecule has 0 atom stereocenters. The minimum atomic E-state index is 0.188. The van der Waals surface area contributed by atoms with Crippen LogP contribution in [-0.4, -0.2) is 20.2 Å². The van der Waals surface area contributed by atoms with E-state index in [2.05, 4.69) is 46.1 Å². The number of nitrogen functional groups attached to an aromatic ring is 1. The molecule has 3 rings (SSSR count). The zero-order valence-electron chi connectivity index (χ0n) is 9.07. The maximum atomic E-state index is 5.51. The smallest absolute Gasteiger partial charge is 0.242 e. The van der Waals surface area contributed by atoms with Gasteiger partial charge in [0.25, 0.3) is 0 Å². The van der Waals surface area contributed by atoms with Gasteiger partial charge in [-0.3, -0.25) is 0 Å². The maximum Gasteiger partial charge on any atom is 0.242 e. The van der Waals surface area contributed by atoms with Crippen LogP contribution in [0.15, 0.2) is 12.1 Å². The molecule has 3 N–H and O–H groups in total. The Labute approximate surface area is 91.7 Å². The quantitative estimate of drug-likeness (QED) is 0.595. The summed E-state index contributed by atoms with van der Waals surface area (Å²) in [5.41, 5.74) is 10.4. The summed E-state index contributed by atoms with van der Waals surface area (Å²) in [5.74, 6) is 0.188. The Kier molecular flexibility index (Phi) is 1.65. The van der Waals surface area contributed by atoms with Gasteiger partial charge in [0.2, 0.25) is 5.95 Å². The van der Waals surface area contributed by atoms with Crippen molar-refractivity contribution in [2.75, 3.05) is 5.73 Å². The number of H-pyrrole nitrogens is 1. The standard InChI is InChI=1S/C11H11N5/c1-5-3-6(2)8-7(4-5)9-10(13-8)14-11(12)16-15-9/h3-4H,1-2H3,(H3,12,13,14,16). The number of benzene rings is 1. The molecule has 80 valence electrons. The van der Waals surface area contributed by atoms with E-state index in [0.717, 1.165) is 16.4 Å². The molecule has 5 nitrogen and oxygen atoms in total. The molecule has 0 radical (unpaired) electrons. The molecule has 2 heterocycles. The lowest BCUT2D eigenvalue weighted by atomic mass is 10.1. The van der Waals surface area contributed by atoms with Crippen LogP contribution in [0, 0.1) is 13.8 Å². The largest absolute Gasteiger partial charge is 0.366 e. The van der Waals surface area contributed by atoms with E-state index in [0.29, 0.717) is 5.65 Å². The van der Waals surface area contributed by atoms with E-state index in [1.807, 2.05) is 0 Å². The van der Waals surface area contributed by atoms with Gasteiger partial charge in [-0.05, 0) is 25.5 Å². The highest BCUT2D eigenvalue weighted by Crippen LogP contribution is 2.25. The Bertz CT molecular complexity index is 698. The first kappa shape index (κ1) is 9.08. The van der Waals surface area contributed by atoms with Gasteiger partial charge in [0.05, 0.1) is 5.52 Å². The molecular formula is C11H11N5. The molecule has 0 aliphatic heterocycles. The van der Waals surface area contributed by atoms with E-state index in [1.165, 1.54) is 11.1 Å². The van der Waals surface area contributed by atoms with Crippen molar-refractivity contribution < 1.29 is 0 Å². The minimum absolute atomic E-state index is 0.188. The van der Waals surface area contributed by atoms with Crippen molar-refractivity contribution >= 4 is 28.0 Å². The number of aromatic nitrogens is 4. The van der Waals surface area contributed by atoms with Crippen molar-refractivity contribution in [1.82, 2.24) is 20.2 Å². The van der Waals surface area contributed by atoms with Gasteiger partial charge in [0, 0.05) is 5.39 Å². The van der Waals surface area contributed by atoms with Crippen molar-refractivity contribution in [2.45, 2.75) is 13.8 Å². The van der Waals surface area contributed by atoms with Crippen LogP contribution in [0.1, 0.15) is 11.1 Å². The van der Waals surface area contributed by atoms with Crippen molar-refractivity contribution in [3.8, 4) is 0 Å². The average Bonchev–Trinajstić information content (AvgIpc) is 2.56. The molecule has 0 spiro atoms. The highest BCUT2D eigenvalue weighted by atomic mass is 15.2. The SMILES string of the molecule is Cc1cc(C)c2[nH]c3nc(N)nnc3c2c1. The van der Waals surface area contributed by atoms with Gasteiger partial charge in [-0.2, -0.15) is 4.98 Å². The first-order chi connectivity index (χ1) is 7.65. The van der Waals surface area contributed by atoms with Gasteiger partial charge in [-0.25, -0.2) is 0 Å². The molecule has 2 aromatic heterocycles. The molecule has 0 unspecified atom stereocenters. The number of aromatic amines is 1. The zero-order valence-corrected chi connectivity index (χ0v) is 9.07. The summed E-state index contributed by atoms with van der Waals surface area (Å²) in [4.78, 5) is 7.35. The average molecular weight is 213 g/mol. The highest BCUT2D eigenvalue weighted by Gasteiger charge is 2.09. The van der Waals surface area contributed by atoms with Crippen molar-refractivity contribution in [1.29, 1.82) is 0 Å². The summed E-state index contributed by atoms with van der Waals surface area (Å²) >= 11 is 0. The topological polar surface area (TPSA) is 80.5 Å². The monoisotopic (exact) mass is 213 g/mol. The number of nitrogens with one attached hydrogen (secondary N) is 1. The molecule has 0 amide bonds. The van der Waals surface area contributed by atoms with Crippen LogP contribution >= 0.6 is 0 Å². The first-order valence-corrected chi connectivity index (χ1v) is 5.04. The second kappa shape index (κ2) is 2.91. The van der Waals surface area contributed by atoms with E-state index in [4.69, 9.17) is 5.73 Å². The van der Waals surface area contributed by atoms with E-state index in [1.54, 1.807) is 0 Å². The van der Waals surface area contributed by atoms with Crippen LogP contribution < -0.4 is 5.73 Å². The van der Waals surface area contributed by atoms with Crippen molar-refractivity contribution in [2.24, 2.45) is 0 Å². The van der Waals surface area contributed by atoms with Crippen LogP contribution in [0.2, 0.25) is 0 Å². The first-order valence-electron chi connectivity index (χ1n) is 5.04. The molecular weight excluding hydrogens is 202 g/mol. The number of nitrogens with zero attached hydrogens (tertiary/aromatic N) is 3. The molecule has 16 heavy (non-hydrogen) atoms. The predicted molar refractivity (Wildman–Crippen MR) is 63.1 cm³/mol. The molecule has 0 saturated carbocycles. The number of fused-ring (bicyclic) bond motifs is 3. The fourth-order valence-electron chi connectivity index (χ4n) is 2.05. The van der Waals surface area contributed by atoms with Crippen LogP contribution in [0.5, 0.6) is 0 Å². The number of hydrogen-bond acceptors (Lipinski definition) is 4. The highest BCUT2D eigenvalue weighted by molar-refractivity contribution is 6.04. The second-order valence-electron chi connectivity index (χ2n) is 4.00. The lowest BCUT2D eigenvalue weighted by molar-refractivity contribution is 1.04. The third-order valence-corrected chi connectivity index (χ3v) is 2.68. The molecule has 0 aliphatic rings. The summed E-state index contributed by atoms with van der Waals surface area (Å²) in [7, 11) is 0. The van der Waals surface area contributed by atoms with E-state index in [-0.39, 0.29) is 5.95 Å². The minimum Gasteiger partial charge on any atom is -0.366 e. The van der Waals surface area contributed by atoms with Gasteiger partial charge in [-0.15, -0.1) is 10.2 Å². The summed E-state index contributed by atoms with van der Waals surface area (Å²) in [5, 5.41) is 8.92. The van der Waals surface area contributed by atoms with E-state index < -0.39 is 0 Å². The van der Waals surface area contributed by atoms with Crippen molar-refractivity contribution in [3.05, 3.63) is 23.3 Å². The van der Waals surface area contributed by atoms with E-state index >= 15 is 0 Å². The number of rotatable bonds is 0. The van der Waals surface area contributed by atoms with Crippen LogP contribution in [0.3, 0.4) is 0 Å². The molecule has 0 fully saturated rings. The molecule has 0 saturated heterocycles. The number of hydrogen-bond donors (Lipinski definition) is 2. The van der Waals surface area contributed by atoms with Gasteiger partial charge in [-0.1, -0.05) is 11.6 Å². The number of aryl methyl sites for hydroxylation is 2. The molecule has 0 bridgehead atoms. The Hall–Kier alpha value is -2.17. The lowest BCUT2D eigenvalue weighted by Crippen LogP contribution is -1.96. The Balaban J connectivity index is 2.55. The van der Waals surface area contributed by atoms with Gasteiger partial charge < -0.3 is 10.7 Å². The number of anilines is 1. The fraction of sp³-hybridized carbons (Fsp3) is 0.182. The lowest BCUT2D eigenvalue weighted by Gasteiger charge is -1.97. The molecule has 1 aromatic carbocycles. The van der Waals surface area contributed by atoms with Crippen LogP contribution in [0.25, 0.3) is 22.1 Å². The fourth-order valence-corrected chi connectivity index (χ4v) is 2.05. The summed E-state index contributed by atoms with van der Waals surface area (Å²) in [6.45, 7) is 4.12. The zero-order chi connectivity index (χ0) is 11.3. The van der Waals surface area contributed by atoms with Gasteiger partial charge in [0.15, 0.2) is 5.65 Å². The summed E-state index contributed by atoms with van der Waals surface area (Å²) in [6, 6.07) is 4.20. The number of nitrogens with two attached hydrogens (primary N) is 1. The van der Waals surface area contributed by atoms with Crippen molar-refractivity contribution in [3.63, 3.8) is 0 Å². The third kappa shape index (κ3) is 1.14. The maximum absolute atomic E-state index is 5.51. The van der Waals surface area contributed by atoms with Gasteiger partial charge in [0.1, 0.15) is 5.52 Å². The van der Waals surface area contributed by atoms with E-state index in [9.17, 15) is 0 Å². The predicted octanol–water partition coefficient (Wildman–Crippen LogP) is 1.71. The van der Waals surface area contributed by atoms with Crippen LogP contribution in [0.4, 0.5) is 5.95 Å². The normalized spacial score (nSPS) is 11.4. The summed E-state index contributed by atoms with van der Waals surface area (Å²) < 4.78 is 0. The molecule has 0 aliphatic carbocycles. The summed E-state index contributed by atoms with van der Waals surface area (Å²) in [6.07, 6.45) is 0. The second-order valence-corrected chi connectivity index (χ2v) is 4.00. The Morgan fingerprint density at radius 1 is 1.19 bits per heavy atom. The Morgan fingerprint density at radius 2 is 2.00 bits per heavy atom. The molecule has 5 heteroatoms. The molecule has 3 aromatic rings. The van der Waals surface area contributed by atoms with Gasteiger partial charge >= 0.3 is 0 Å².